The van der Waals surface area contributed by atoms with Gasteiger partial charge in [-0.1, -0.05) is 89.9 Å². The minimum absolute atomic E-state index is 0.00913. The summed E-state index contributed by atoms with van der Waals surface area (Å²) in [6.45, 7) is 1.91. The molecule has 0 heterocycles. The number of hydrogen-bond acceptors (Lipinski definition) is 5. The van der Waals surface area contributed by atoms with Crippen molar-refractivity contribution in [2.75, 3.05) is 40.5 Å². The Bertz CT molecular complexity index is 354. The second-order valence-corrected chi connectivity index (χ2v) is 9.35. The maximum Gasteiger partial charge on any atom is 0.308 e. The lowest BCUT2D eigenvalue weighted by molar-refractivity contribution is -0.149. The summed E-state index contributed by atoms with van der Waals surface area (Å²) in [7, 11) is 4.00. The van der Waals surface area contributed by atoms with Crippen molar-refractivity contribution in [1.29, 1.82) is 0 Å². The molecule has 0 aliphatic heterocycles. The van der Waals surface area contributed by atoms with Crippen molar-refractivity contribution in [2.45, 2.75) is 116 Å². The quantitative estimate of drug-likeness (QED) is 0.148. The highest BCUT2D eigenvalue weighted by Crippen LogP contribution is 2.21. The van der Waals surface area contributed by atoms with Crippen LogP contribution in [0.5, 0.6) is 0 Å². The Morgan fingerprint density at radius 1 is 0.645 bits per heavy atom. The molecule has 0 aromatic carbocycles. The first-order valence-electron chi connectivity index (χ1n) is 13.1. The van der Waals surface area contributed by atoms with Gasteiger partial charge in [0.25, 0.3) is 0 Å². The molecule has 0 bridgehead atoms. The number of likely N-dealkylation sites (N-methyl/N-ethyl adjacent to an activating group) is 1. The minimum atomic E-state index is 0.00913. The third-order valence-corrected chi connectivity index (χ3v) is 6.04. The Morgan fingerprint density at radius 3 is 1.35 bits per heavy atom. The molecule has 0 fully saturated rings. The van der Waals surface area contributed by atoms with Gasteiger partial charge in [0.2, 0.25) is 0 Å². The Kier molecular flexibility index (Phi) is 23.5. The van der Waals surface area contributed by atoms with E-state index in [1.54, 1.807) is 0 Å². The lowest BCUT2D eigenvalue weighted by Gasteiger charge is -2.17. The standard InChI is InChI=1S/C26H53NO4/c1-27(2)21-24-31-26(30)25(19-15-11-7-3-5-9-13-17-22-28)20-16-12-8-4-6-10-14-18-23-29/h25,28-29H,3-24H2,1-2H3. The normalized spacial score (nSPS) is 11.5. The predicted octanol–water partition coefficient (Wildman–Crippen LogP) is 5.71. The van der Waals surface area contributed by atoms with E-state index in [-0.39, 0.29) is 11.9 Å². The second kappa shape index (κ2) is 24.0. The molecular weight excluding hydrogens is 390 g/mol. The van der Waals surface area contributed by atoms with Gasteiger partial charge < -0.3 is 19.8 Å². The number of aliphatic hydroxyl groups excluding tert-OH is 2. The van der Waals surface area contributed by atoms with Crippen LogP contribution in [0.15, 0.2) is 0 Å². The molecule has 0 aliphatic rings. The monoisotopic (exact) mass is 443 g/mol. The Hall–Kier alpha value is -0.650. The van der Waals surface area contributed by atoms with E-state index in [4.69, 9.17) is 14.9 Å². The van der Waals surface area contributed by atoms with Crippen LogP contribution in [0.3, 0.4) is 0 Å². The highest BCUT2D eigenvalue weighted by molar-refractivity contribution is 5.72. The summed E-state index contributed by atoms with van der Waals surface area (Å²) in [5.41, 5.74) is 0. The molecule has 2 N–H and O–H groups in total. The largest absolute Gasteiger partial charge is 0.464 e. The maximum atomic E-state index is 12.6. The number of aliphatic hydroxyl groups is 2. The number of esters is 1. The summed E-state index contributed by atoms with van der Waals surface area (Å²) in [6.07, 6.45) is 20.7. The van der Waals surface area contributed by atoms with Crippen LogP contribution < -0.4 is 0 Å². The zero-order valence-corrected chi connectivity index (χ0v) is 20.8. The van der Waals surface area contributed by atoms with Crippen molar-refractivity contribution in [3.8, 4) is 0 Å². The van der Waals surface area contributed by atoms with Gasteiger partial charge in [-0.25, -0.2) is 0 Å². The number of hydrogen-bond donors (Lipinski definition) is 2. The van der Waals surface area contributed by atoms with E-state index in [2.05, 4.69) is 0 Å². The molecule has 5 nitrogen and oxygen atoms in total. The van der Waals surface area contributed by atoms with Crippen LogP contribution in [0, 0.1) is 5.92 Å². The van der Waals surface area contributed by atoms with Crippen LogP contribution >= 0.6 is 0 Å². The molecule has 31 heavy (non-hydrogen) atoms. The zero-order chi connectivity index (χ0) is 23.0. The number of ether oxygens (including phenoxy) is 1. The Balaban J connectivity index is 3.98. The van der Waals surface area contributed by atoms with Crippen LogP contribution in [0.4, 0.5) is 0 Å². The Labute approximate surface area is 192 Å². The first kappa shape index (κ1) is 30.4. The van der Waals surface area contributed by atoms with Gasteiger partial charge in [0.15, 0.2) is 0 Å². The van der Waals surface area contributed by atoms with E-state index < -0.39 is 0 Å². The van der Waals surface area contributed by atoms with Crippen LogP contribution in [0.25, 0.3) is 0 Å². The predicted molar refractivity (Wildman–Crippen MR) is 130 cm³/mol. The average molecular weight is 444 g/mol. The van der Waals surface area contributed by atoms with Crippen molar-refractivity contribution in [3.63, 3.8) is 0 Å². The third-order valence-electron chi connectivity index (χ3n) is 6.04. The number of nitrogens with zero attached hydrogens (tertiary/aromatic N) is 1. The van der Waals surface area contributed by atoms with Crippen molar-refractivity contribution in [1.82, 2.24) is 4.90 Å². The van der Waals surface area contributed by atoms with Gasteiger partial charge in [-0.05, 0) is 39.8 Å². The van der Waals surface area contributed by atoms with Crippen molar-refractivity contribution in [3.05, 3.63) is 0 Å². The fraction of sp³-hybridized carbons (Fsp3) is 0.962. The number of carbonyl (C=O) groups is 1. The first-order valence-corrected chi connectivity index (χ1v) is 13.1. The van der Waals surface area contributed by atoms with Crippen LogP contribution in [-0.4, -0.2) is 61.5 Å². The first-order chi connectivity index (χ1) is 15.1. The van der Waals surface area contributed by atoms with Gasteiger partial charge in [0.05, 0.1) is 5.92 Å². The summed E-state index contributed by atoms with van der Waals surface area (Å²) in [5.74, 6) is 0.0751. The van der Waals surface area contributed by atoms with E-state index in [0.717, 1.165) is 57.9 Å². The molecule has 0 aromatic heterocycles. The lowest BCUT2D eigenvalue weighted by atomic mass is 9.94. The van der Waals surface area contributed by atoms with Crippen LogP contribution in [0.2, 0.25) is 0 Å². The van der Waals surface area contributed by atoms with Crippen LogP contribution in [0.1, 0.15) is 116 Å². The highest BCUT2D eigenvalue weighted by atomic mass is 16.5. The summed E-state index contributed by atoms with van der Waals surface area (Å²) in [6, 6.07) is 0. The molecule has 0 saturated carbocycles. The molecule has 0 radical (unpaired) electrons. The number of carbonyl (C=O) groups excluding carboxylic acids is 1. The molecule has 5 heteroatoms. The van der Waals surface area contributed by atoms with E-state index >= 15 is 0 Å². The molecule has 186 valence electrons. The fourth-order valence-corrected chi connectivity index (χ4v) is 3.95. The van der Waals surface area contributed by atoms with Gasteiger partial charge in [0, 0.05) is 19.8 Å². The topological polar surface area (TPSA) is 70.0 Å². The van der Waals surface area contributed by atoms with Crippen molar-refractivity contribution < 1.29 is 19.7 Å². The molecule has 0 unspecified atom stereocenters. The minimum Gasteiger partial charge on any atom is -0.464 e. The van der Waals surface area contributed by atoms with Crippen molar-refractivity contribution >= 4 is 5.97 Å². The van der Waals surface area contributed by atoms with Gasteiger partial charge in [-0.15, -0.1) is 0 Å². The molecular formula is C26H53NO4. The molecule has 0 spiro atoms. The van der Waals surface area contributed by atoms with Gasteiger partial charge in [-0.3, -0.25) is 4.79 Å². The summed E-state index contributed by atoms with van der Waals surface area (Å²) in [5, 5.41) is 17.6. The summed E-state index contributed by atoms with van der Waals surface area (Å²) < 4.78 is 5.56. The van der Waals surface area contributed by atoms with E-state index in [1.807, 2.05) is 19.0 Å². The summed E-state index contributed by atoms with van der Waals surface area (Å²) >= 11 is 0. The average Bonchev–Trinajstić information content (AvgIpc) is 2.75. The summed E-state index contributed by atoms with van der Waals surface area (Å²) in [4.78, 5) is 14.6. The third kappa shape index (κ3) is 22.3. The second-order valence-electron chi connectivity index (χ2n) is 9.35. The van der Waals surface area contributed by atoms with E-state index in [0.29, 0.717) is 19.8 Å². The van der Waals surface area contributed by atoms with Gasteiger partial charge in [0.1, 0.15) is 6.61 Å². The zero-order valence-electron chi connectivity index (χ0n) is 20.8. The maximum absolute atomic E-state index is 12.6. The highest BCUT2D eigenvalue weighted by Gasteiger charge is 2.19. The molecule has 0 atom stereocenters. The van der Waals surface area contributed by atoms with E-state index in [1.165, 1.54) is 64.2 Å². The molecule has 0 aromatic rings. The Morgan fingerprint density at radius 2 is 1.00 bits per heavy atom. The molecule has 0 aliphatic carbocycles. The number of unbranched alkanes of at least 4 members (excludes halogenated alkanes) is 14. The van der Waals surface area contributed by atoms with Crippen molar-refractivity contribution in [2.24, 2.45) is 5.92 Å². The molecule has 0 amide bonds. The molecule has 0 rings (SSSR count). The SMILES string of the molecule is CN(C)CCOC(=O)C(CCCCCCCCCCO)CCCCCCCCCCO. The van der Waals surface area contributed by atoms with Gasteiger partial charge >= 0.3 is 5.97 Å². The van der Waals surface area contributed by atoms with Gasteiger partial charge in [-0.2, -0.15) is 0 Å². The number of rotatable bonds is 24. The van der Waals surface area contributed by atoms with Crippen LogP contribution in [-0.2, 0) is 9.53 Å². The smallest absolute Gasteiger partial charge is 0.308 e. The molecule has 0 saturated heterocycles. The lowest BCUT2D eigenvalue weighted by Crippen LogP contribution is -2.24. The van der Waals surface area contributed by atoms with E-state index in [9.17, 15) is 4.79 Å². The fourth-order valence-electron chi connectivity index (χ4n) is 3.95.